The molecule has 6 aromatic rings. The number of anilines is 1. The first-order valence-electron chi connectivity index (χ1n) is 23.2. The summed E-state index contributed by atoms with van der Waals surface area (Å²) in [6.07, 6.45) is 4.10. The normalized spacial score (nSPS) is 15.0. The molecule has 0 spiro atoms. The van der Waals surface area contributed by atoms with Gasteiger partial charge in [-0.15, -0.1) is 22.7 Å². The van der Waals surface area contributed by atoms with Gasteiger partial charge >= 0.3 is 0 Å². The van der Waals surface area contributed by atoms with E-state index >= 15 is 0 Å². The molecule has 21 nitrogen and oxygen atoms in total. The molecule has 7 rings (SSSR count). The Hall–Kier alpha value is -7.38. The molecular weight excluding hydrogens is 1010 g/mol. The Balaban J connectivity index is 0.818. The second-order valence-electron chi connectivity index (χ2n) is 18.4. The molecule has 3 atom stereocenters. The summed E-state index contributed by atoms with van der Waals surface area (Å²) in [6, 6.07) is 18.1. The van der Waals surface area contributed by atoms with Gasteiger partial charge in [-0.05, 0) is 52.8 Å². The molecule has 6 amide bonds. The molecule has 6 N–H and O–H groups in total. The van der Waals surface area contributed by atoms with Crippen LogP contribution in [0.5, 0.6) is 5.88 Å². The number of β-amino-alcohol motifs (C(OH)–C–C–N with tert-alkyl or cyclic N) is 1. The van der Waals surface area contributed by atoms with Crippen LogP contribution in [0.3, 0.4) is 0 Å². The number of hydrogen-bond donors (Lipinski definition) is 6. The van der Waals surface area contributed by atoms with E-state index in [2.05, 4.69) is 41.5 Å². The number of aliphatic hydroxyl groups excluding tert-OH is 1. The number of aryl methyl sites for hydroxylation is 1. The predicted molar refractivity (Wildman–Crippen MR) is 277 cm³/mol. The second-order valence-corrected chi connectivity index (χ2v) is 22.0. The van der Waals surface area contributed by atoms with Crippen LogP contribution in [0.1, 0.15) is 48.8 Å². The highest BCUT2D eigenvalue weighted by Gasteiger charge is 2.44. The monoisotopic (exact) mass is 1070 g/mol. The van der Waals surface area contributed by atoms with Gasteiger partial charge < -0.3 is 46.1 Å². The van der Waals surface area contributed by atoms with Crippen LogP contribution in [-0.2, 0) is 45.3 Å². The van der Waals surface area contributed by atoms with E-state index in [0.717, 1.165) is 54.8 Å². The number of benzene rings is 2. The summed E-state index contributed by atoms with van der Waals surface area (Å²) in [5.74, 6) is -2.94. The fourth-order valence-corrected chi connectivity index (χ4v) is 9.88. The molecule has 390 valence electrons. The quantitative estimate of drug-likeness (QED) is 0.0562. The Kier molecular flexibility index (Phi) is 17.7. The molecule has 74 heavy (non-hydrogen) atoms. The Morgan fingerprint density at radius 1 is 0.878 bits per heavy atom. The van der Waals surface area contributed by atoms with Crippen LogP contribution in [0.15, 0.2) is 96.2 Å². The van der Waals surface area contributed by atoms with Gasteiger partial charge in [0.25, 0.3) is 5.91 Å². The zero-order valence-electron chi connectivity index (χ0n) is 41.1. The number of hydrogen-bond acceptors (Lipinski definition) is 16. The van der Waals surface area contributed by atoms with Crippen molar-refractivity contribution < 1.29 is 51.8 Å². The predicted octanol–water partition coefficient (Wildman–Crippen LogP) is 3.60. The summed E-state index contributed by atoms with van der Waals surface area (Å²) in [6.45, 7) is 6.22. The zero-order chi connectivity index (χ0) is 53.2. The summed E-state index contributed by atoms with van der Waals surface area (Å²) in [7, 11) is -3.55. The highest BCUT2D eigenvalue weighted by Crippen LogP contribution is 2.31. The third kappa shape index (κ3) is 14.6. The van der Waals surface area contributed by atoms with Crippen LogP contribution < -0.4 is 31.3 Å². The van der Waals surface area contributed by atoms with E-state index in [1.54, 1.807) is 61.3 Å². The molecule has 0 unspecified atom stereocenters. The first kappa shape index (κ1) is 54.4. The lowest BCUT2D eigenvalue weighted by molar-refractivity contribution is -0.145. The van der Waals surface area contributed by atoms with E-state index in [9.17, 15) is 42.3 Å². The van der Waals surface area contributed by atoms with Gasteiger partial charge in [-0.1, -0.05) is 63.2 Å². The van der Waals surface area contributed by atoms with Crippen molar-refractivity contribution in [2.24, 2.45) is 5.41 Å². The number of amides is 6. The summed E-state index contributed by atoms with van der Waals surface area (Å²) in [5.41, 5.74) is 6.88. The van der Waals surface area contributed by atoms with Crippen molar-refractivity contribution in [2.45, 2.75) is 58.8 Å². The zero-order valence-corrected chi connectivity index (χ0v) is 43.6. The Morgan fingerprint density at radius 2 is 1.62 bits per heavy atom. The molecule has 24 heteroatoms. The van der Waals surface area contributed by atoms with Crippen molar-refractivity contribution in [3.05, 3.63) is 113 Å². The number of nitrogens with one attached hydrogen (secondary N) is 5. The fourth-order valence-electron chi connectivity index (χ4n) is 7.75. The SMILES string of the molecule is Cc1ncsc1-c1ccc(CNC(=O)[C@@H]2C[C@@H](O)CN2C(=O)[C@@H](NC(=O)COCC(=O)NCCOc2cc(-c3cccc(-c4csc(NC(=O)CNC(=O)c5ccn(S(C)(=O)=O)c5)n4)c3)ccn2)C(C)(C)C)cc1. The van der Waals surface area contributed by atoms with Crippen LogP contribution >= 0.6 is 22.7 Å². The summed E-state index contributed by atoms with van der Waals surface area (Å²) in [4.78, 5) is 93.6. The second kappa shape index (κ2) is 24.1. The number of aliphatic hydroxyl groups is 1. The molecule has 1 fully saturated rings. The number of aromatic nitrogens is 4. The number of ether oxygens (including phenoxy) is 2. The number of likely N-dealkylation sites (tertiary alicyclic amines) is 1. The number of carbonyl (C=O) groups excluding carboxylic acids is 6. The van der Waals surface area contributed by atoms with Crippen LogP contribution in [0, 0.1) is 12.3 Å². The molecule has 0 aliphatic carbocycles. The van der Waals surface area contributed by atoms with Gasteiger partial charge in [-0.2, -0.15) is 0 Å². The van der Waals surface area contributed by atoms with Gasteiger partial charge in [-0.25, -0.2) is 23.4 Å². The Labute approximate surface area is 435 Å². The minimum absolute atomic E-state index is 0.0424. The van der Waals surface area contributed by atoms with E-state index in [1.807, 2.05) is 55.5 Å². The molecule has 0 bridgehead atoms. The van der Waals surface area contributed by atoms with Crippen molar-refractivity contribution in [1.82, 2.24) is 45.1 Å². The topological polar surface area (TPSA) is 282 Å². The molecule has 1 aliphatic rings. The Morgan fingerprint density at radius 3 is 2.34 bits per heavy atom. The van der Waals surface area contributed by atoms with Gasteiger partial charge in [0.1, 0.15) is 31.9 Å². The van der Waals surface area contributed by atoms with Gasteiger partial charge in [0, 0.05) is 55.1 Å². The molecule has 2 aromatic carbocycles. The lowest BCUT2D eigenvalue weighted by Crippen LogP contribution is -2.58. The molecule has 0 saturated carbocycles. The van der Waals surface area contributed by atoms with E-state index in [-0.39, 0.29) is 44.8 Å². The molecule has 1 saturated heterocycles. The first-order valence-corrected chi connectivity index (χ1v) is 26.8. The number of nitrogens with zero attached hydrogens (tertiary/aromatic N) is 5. The maximum absolute atomic E-state index is 14.0. The molecule has 5 heterocycles. The van der Waals surface area contributed by atoms with E-state index in [0.29, 0.717) is 16.7 Å². The van der Waals surface area contributed by atoms with Gasteiger partial charge in [0.05, 0.1) is 52.8 Å². The molecule has 4 aromatic heterocycles. The summed E-state index contributed by atoms with van der Waals surface area (Å²) >= 11 is 2.75. The number of thiazole rings is 2. The number of rotatable bonds is 21. The lowest BCUT2D eigenvalue weighted by atomic mass is 9.85. The maximum atomic E-state index is 14.0. The number of pyridine rings is 1. The van der Waals surface area contributed by atoms with Crippen molar-refractivity contribution in [3.63, 3.8) is 0 Å². The first-order chi connectivity index (χ1) is 35.2. The van der Waals surface area contributed by atoms with Crippen LogP contribution in [0.2, 0.25) is 0 Å². The van der Waals surface area contributed by atoms with Gasteiger partial charge in [0.2, 0.25) is 45.4 Å². The highest BCUT2D eigenvalue weighted by atomic mass is 32.2. The highest BCUT2D eigenvalue weighted by molar-refractivity contribution is 7.89. The third-order valence-corrected chi connectivity index (χ3v) is 14.3. The Bertz CT molecular complexity index is 3110. The maximum Gasteiger partial charge on any atom is 0.253 e. The summed E-state index contributed by atoms with van der Waals surface area (Å²) in [5, 5.41) is 26.0. The molecular formula is C50H56N10O11S3. The van der Waals surface area contributed by atoms with Crippen molar-refractivity contribution >= 4 is 73.3 Å². The van der Waals surface area contributed by atoms with Crippen LogP contribution in [0.4, 0.5) is 5.13 Å². The smallest absolute Gasteiger partial charge is 0.253 e. The lowest BCUT2D eigenvalue weighted by Gasteiger charge is -2.35. The molecule has 1 aliphatic heterocycles. The van der Waals surface area contributed by atoms with E-state index in [4.69, 9.17) is 9.47 Å². The van der Waals surface area contributed by atoms with Crippen molar-refractivity contribution in [1.29, 1.82) is 0 Å². The summed E-state index contributed by atoms with van der Waals surface area (Å²) < 4.78 is 35.5. The van der Waals surface area contributed by atoms with Crippen LogP contribution in [-0.4, -0.2) is 137 Å². The van der Waals surface area contributed by atoms with Crippen molar-refractivity contribution in [3.8, 4) is 38.7 Å². The standard InChI is InChI=1S/C50H56N10O11S3/c1-30-44(73-29-55-30)32-11-9-31(10-12-32)22-53-47(66)39-21-37(61)25-60(39)48(67)45(50(2,3)4)57-42(64)27-70-26-41(63)51-16-18-71-43-20-34(13-15-52-43)33-7-6-8-35(19-33)38-28-72-49(56-38)58-40(62)23-54-46(65)36-14-17-59(24-36)74(5,68)69/h6-15,17,19-20,24,28-29,37,39,45,61H,16,18,21-23,25-27H2,1-5H3,(H,51,63)(H,53,66)(H,54,65)(H,57,64)(H,56,58,62)/t37-,39+,45-/m1/s1. The fraction of sp³-hybridized carbons (Fsp3) is 0.340. The van der Waals surface area contributed by atoms with Crippen molar-refractivity contribution in [2.75, 3.05) is 51.0 Å². The van der Waals surface area contributed by atoms with E-state index in [1.165, 1.54) is 28.5 Å². The minimum atomic E-state index is -3.55. The number of carbonyl (C=O) groups is 6. The van der Waals surface area contributed by atoms with E-state index < -0.39 is 82.3 Å². The van der Waals surface area contributed by atoms with Crippen LogP contribution in [0.25, 0.3) is 32.8 Å². The average molecular weight is 1070 g/mol. The van der Waals surface area contributed by atoms with Gasteiger partial charge in [-0.3, -0.25) is 32.7 Å². The minimum Gasteiger partial charge on any atom is -0.476 e. The molecule has 0 radical (unpaired) electrons. The third-order valence-electron chi connectivity index (χ3n) is 11.6. The van der Waals surface area contributed by atoms with Gasteiger partial charge in [0.15, 0.2) is 5.13 Å². The average Bonchev–Trinajstić information content (AvgIpc) is 4.21. The largest absolute Gasteiger partial charge is 0.476 e.